The van der Waals surface area contributed by atoms with Gasteiger partial charge in [-0.1, -0.05) is 30.3 Å². The second-order valence-corrected chi connectivity index (χ2v) is 5.62. The van der Waals surface area contributed by atoms with Crippen LogP contribution in [0, 0.1) is 13.8 Å². The summed E-state index contributed by atoms with van der Waals surface area (Å²) in [7, 11) is 1.62. The number of aromatic amines is 1. The highest BCUT2D eigenvalue weighted by Crippen LogP contribution is 2.24. The SMILES string of the molecule is COc1cccc(-c2cc(C(=O)Nc3c(C)cccc3C)[nH]n2)c1. The van der Waals surface area contributed by atoms with Crippen molar-refractivity contribution >= 4 is 11.6 Å². The topological polar surface area (TPSA) is 67.0 Å². The molecule has 5 nitrogen and oxygen atoms in total. The zero-order valence-corrected chi connectivity index (χ0v) is 13.9. The minimum Gasteiger partial charge on any atom is -0.497 e. The van der Waals surface area contributed by atoms with Gasteiger partial charge in [0.1, 0.15) is 11.4 Å². The zero-order chi connectivity index (χ0) is 17.1. The van der Waals surface area contributed by atoms with Gasteiger partial charge in [0, 0.05) is 11.3 Å². The summed E-state index contributed by atoms with van der Waals surface area (Å²) in [5, 5.41) is 9.97. The number of aryl methyl sites for hydroxylation is 2. The first kappa shape index (κ1) is 15.8. The van der Waals surface area contributed by atoms with Gasteiger partial charge >= 0.3 is 0 Å². The third kappa shape index (κ3) is 3.15. The number of aromatic nitrogens is 2. The van der Waals surface area contributed by atoms with E-state index in [4.69, 9.17) is 4.74 Å². The largest absolute Gasteiger partial charge is 0.497 e. The Bertz CT molecular complexity index is 864. The van der Waals surface area contributed by atoms with Crippen molar-refractivity contribution in [1.82, 2.24) is 10.2 Å². The lowest BCUT2D eigenvalue weighted by Crippen LogP contribution is -2.14. The van der Waals surface area contributed by atoms with Gasteiger partial charge in [-0.15, -0.1) is 0 Å². The molecule has 24 heavy (non-hydrogen) atoms. The van der Waals surface area contributed by atoms with Gasteiger partial charge in [-0.25, -0.2) is 0 Å². The van der Waals surface area contributed by atoms with E-state index in [0.29, 0.717) is 11.4 Å². The molecule has 0 spiro atoms. The number of ether oxygens (including phenoxy) is 1. The van der Waals surface area contributed by atoms with Crippen LogP contribution in [-0.4, -0.2) is 23.2 Å². The number of anilines is 1. The summed E-state index contributed by atoms with van der Waals surface area (Å²) in [5.74, 6) is 0.533. The maximum atomic E-state index is 12.5. The van der Waals surface area contributed by atoms with Gasteiger partial charge in [0.2, 0.25) is 0 Å². The van der Waals surface area contributed by atoms with Crippen molar-refractivity contribution in [2.24, 2.45) is 0 Å². The van der Waals surface area contributed by atoms with Crippen molar-refractivity contribution in [1.29, 1.82) is 0 Å². The number of amides is 1. The molecule has 3 rings (SSSR count). The summed E-state index contributed by atoms with van der Waals surface area (Å²) >= 11 is 0. The van der Waals surface area contributed by atoms with E-state index in [0.717, 1.165) is 28.1 Å². The lowest BCUT2D eigenvalue weighted by atomic mass is 10.1. The highest BCUT2D eigenvalue weighted by atomic mass is 16.5. The van der Waals surface area contributed by atoms with Crippen LogP contribution < -0.4 is 10.1 Å². The van der Waals surface area contributed by atoms with Crippen LogP contribution >= 0.6 is 0 Å². The molecule has 0 saturated heterocycles. The minimum atomic E-state index is -0.214. The van der Waals surface area contributed by atoms with E-state index in [9.17, 15) is 4.79 Å². The average molecular weight is 321 g/mol. The Morgan fingerprint density at radius 3 is 2.50 bits per heavy atom. The summed E-state index contributed by atoms with van der Waals surface area (Å²) in [4.78, 5) is 12.5. The van der Waals surface area contributed by atoms with E-state index in [-0.39, 0.29) is 5.91 Å². The molecule has 0 radical (unpaired) electrons. The number of hydrogen-bond donors (Lipinski definition) is 2. The molecule has 5 heteroatoms. The third-order valence-corrected chi connectivity index (χ3v) is 3.91. The molecular weight excluding hydrogens is 302 g/mol. The van der Waals surface area contributed by atoms with Crippen molar-refractivity contribution in [3.63, 3.8) is 0 Å². The van der Waals surface area contributed by atoms with Crippen molar-refractivity contribution in [3.05, 3.63) is 65.4 Å². The molecule has 0 aliphatic carbocycles. The molecule has 0 aliphatic rings. The minimum absolute atomic E-state index is 0.214. The molecule has 2 aromatic carbocycles. The van der Waals surface area contributed by atoms with E-state index in [2.05, 4.69) is 15.5 Å². The number of rotatable bonds is 4. The number of para-hydroxylation sites is 1. The molecule has 1 amide bonds. The van der Waals surface area contributed by atoms with Crippen LogP contribution in [0.1, 0.15) is 21.6 Å². The highest BCUT2D eigenvalue weighted by Gasteiger charge is 2.13. The highest BCUT2D eigenvalue weighted by molar-refractivity contribution is 6.04. The normalized spacial score (nSPS) is 10.5. The molecule has 1 heterocycles. The van der Waals surface area contributed by atoms with Gasteiger partial charge in [0.25, 0.3) is 5.91 Å². The summed E-state index contributed by atoms with van der Waals surface area (Å²) in [6.07, 6.45) is 0. The van der Waals surface area contributed by atoms with Crippen molar-refractivity contribution in [2.45, 2.75) is 13.8 Å². The van der Waals surface area contributed by atoms with E-state index in [1.165, 1.54) is 0 Å². The molecule has 0 fully saturated rings. The Morgan fingerprint density at radius 1 is 1.08 bits per heavy atom. The van der Waals surface area contributed by atoms with Gasteiger partial charge in [0.05, 0.1) is 12.8 Å². The number of nitrogens with one attached hydrogen (secondary N) is 2. The van der Waals surface area contributed by atoms with Crippen LogP contribution in [0.4, 0.5) is 5.69 Å². The Hall–Kier alpha value is -3.08. The maximum absolute atomic E-state index is 12.5. The number of hydrogen-bond acceptors (Lipinski definition) is 3. The van der Waals surface area contributed by atoms with Gasteiger partial charge < -0.3 is 10.1 Å². The third-order valence-electron chi connectivity index (χ3n) is 3.91. The Morgan fingerprint density at radius 2 is 1.79 bits per heavy atom. The molecule has 0 saturated carbocycles. The molecule has 0 bridgehead atoms. The van der Waals surface area contributed by atoms with Gasteiger partial charge in [-0.3, -0.25) is 9.89 Å². The first-order valence-electron chi connectivity index (χ1n) is 7.66. The fourth-order valence-corrected chi connectivity index (χ4v) is 2.56. The molecule has 0 unspecified atom stereocenters. The zero-order valence-electron chi connectivity index (χ0n) is 13.9. The van der Waals surface area contributed by atoms with Crippen LogP contribution in [0.2, 0.25) is 0 Å². The van der Waals surface area contributed by atoms with Gasteiger partial charge in [-0.05, 0) is 43.2 Å². The quantitative estimate of drug-likeness (QED) is 0.764. The Balaban J connectivity index is 1.83. The lowest BCUT2D eigenvalue weighted by Gasteiger charge is -2.10. The second kappa shape index (κ2) is 6.58. The maximum Gasteiger partial charge on any atom is 0.273 e. The molecule has 3 aromatic rings. The number of methoxy groups -OCH3 is 1. The predicted molar refractivity (Wildman–Crippen MR) is 94.4 cm³/mol. The van der Waals surface area contributed by atoms with Crippen molar-refractivity contribution < 1.29 is 9.53 Å². The van der Waals surface area contributed by atoms with Gasteiger partial charge in [0.15, 0.2) is 0 Å². The fourth-order valence-electron chi connectivity index (χ4n) is 2.56. The first-order chi connectivity index (χ1) is 11.6. The molecular formula is C19H19N3O2. The predicted octanol–water partition coefficient (Wildman–Crippen LogP) is 3.95. The van der Waals surface area contributed by atoms with E-state index in [1.54, 1.807) is 13.2 Å². The summed E-state index contributed by atoms with van der Waals surface area (Å²) in [6.45, 7) is 3.94. The summed E-state index contributed by atoms with van der Waals surface area (Å²) < 4.78 is 5.22. The fraction of sp³-hybridized carbons (Fsp3) is 0.158. The van der Waals surface area contributed by atoms with E-state index >= 15 is 0 Å². The van der Waals surface area contributed by atoms with E-state index < -0.39 is 0 Å². The average Bonchev–Trinajstić information content (AvgIpc) is 3.08. The van der Waals surface area contributed by atoms with Crippen LogP contribution in [0.25, 0.3) is 11.3 Å². The molecule has 0 atom stereocenters. The lowest BCUT2D eigenvalue weighted by molar-refractivity contribution is 0.102. The first-order valence-corrected chi connectivity index (χ1v) is 7.66. The number of carbonyl (C=O) groups excluding carboxylic acids is 1. The molecule has 0 aliphatic heterocycles. The molecule has 1 aromatic heterocycles. The van der Waals surface area contributed by atoms with Crippen molar-refractivity contribution in [3.8, 4) is 17.0 Å². The van der Waals surface area contributed by atoms with Crippen LogP contribution in [0.5, 0.6) is 5.75 Å². The Kier molecular flexibility index (Phi) is 4.33. The summed E-state index contributed by atoms with van der Waals surface area (Å²) in [6, 6.07) is 15.2. The number of nitrogens with zero attached hydrogens (tertiary/aromatic N) is 1. The van der Waals surface area contributed by atoms with Crippen molar-refractivity contribution in [2.75, 3.05) is 12.4 Å². The number of carbonyl (C=O) groups is 1. The Labute approximate surface area is 140 Å². The monoisotopic (exact) mass is 321 g/mol. The molecule has 122 valence electrons. The smallest absolute Gasteiger partial charge is 0.273 e. The van der Waals surface area contributed by atoms with Crippen LogP contribution in [0.15, 0.2) is 48.5 Å². The standard InChI is InChI=1S/C19H19N3O2/c1-12-6-4-7-13(2)18(12)20-19(23)17-11-16(21-22-17)14-8-5-9-15(10-14)24-3/h4-11H,1-3H3,(H,20,23)(H,21,22). The number of benzene rings is 2. The van der Waals surface area contributed by atoms with Crippen LogP contribution in [-0.2, 0) is 0 Å². The summed E-state index contributed by atoms with van der Waals surface area (Å²) in [5.41, 5.74) is 4.87. The van der Waals surface area contributed by atoms with Gasteiger partial charge in [-0.2, -0.15) is 5.10 Å². The number of H-pyrrole nitrogens is 1. The van der Waals surface area contributed by atoms with E-state index in [1.807, 2.05) is 56.3 Å². The van der Waals surface area contributed by atoms with Crippen LogP contribution in [0.3, 0.4) is 0 Å². The molecule has 2 N–H and O–H groups in total. The second-order valence-electron chi connectivity index (χ2n) is 5.62.